The summed E-state index contributed by atoms with van der Waals surface area (Å²) >= 11 is 0. The van der Waals surface area contributed by atoms with Crippen molar-refractivity contribution in [3.8, 4) is 0 Å². The predicted octanol–water partition coefficient (Wildman–Crippen LogP) is 1.16. The van der Waals surface area contributed by atoms with Crippen LogP contribution < -0.4 is 10.9 Å². The summed E-state index contributed by atoms with van der Waals surface area (Å²) in [7, 11) is 2.52. The molecule has 6 heteroatoms. The molecule has 0 fully saturated rings. The normalized spacial score (nSPS) is 9.12. The first-order chi connectivity index (χ1) is 7.69. The number of para-hydroxylation sites is 1. The van der Waals surface area contributed by atoms with Crippen molar-refractivity contribution in [3.05, 3.63) is 29.8 Å². The fourth-order valence-corrected chi connectivity index (χ4v) is 1.05. The van der Waals surface area contributed by atoms with E-state index in [0.29, 0.717) is 11.3 Å². The Balaban J connectivity index is 2.79. The quantitative estimate of drug-likeness (QED) is 0.595. The van der Waals surface area contributed by atoms with Crippen LogP contribution in [0.1, 0.15) is 10.4 Å². The van der Waals surface area contributed by atoms with Crippen LogP contribution in [0.2, 0.25) is 0 Å². The first-order valence-corrected chi connectivity index (χ1v) is 4.46. The Morgan fingerprint density at radius 2 is 1.81 bits per heavy atom. The number of hydrogen-bond acceptors (Lipinski definition) is 5. The number of rotatable bonds is 3. The molecule has 0 spiro atoms. The van der Waals surface area contributed by atoms with E-state index in [2.05, 4.69) is 20.3 Å². The maximum atomic E-state index is 11.3. The first kappa shape index (κ1) is 11.8. The summed E-state index contributed by atoms with van der Waals surface area (Å²) in [6.07, 6.45) is -0.653. The zero-order chi connectivity index (χ0) is 12.0. The van der Waals surface area contributed by atoms with Crippen LogP contribution in [0.4, 0.5) is 10.5 Å². The van der Waals surface area contributed by atoms with Crippen molar-refractivity contribution in [2.75, 3.05) is 19.6 Å². The van der Waals surface area contributed by atoms with Crippen LogP contribution >= 0.6 is 0 Å². The third-order valence-electron chi connectivity index (χ3n) is 1.82. The van der Waals surface area contributed by atoms with Crippen molar-refractivity contribution < 1.29 is 19.1 Å². The Labute approximate surface area is 92.5 Å². The Kier molecular flexibility index (Phi) is 4.14. The Morgan fingerprint density at radius 3 is 2.44 bits per heavy atom. The molecule has 0 saturated carbocycles. The highest BCUT2D eigenvalue weighted by Crippen LogP contribution is 2.14. The Morgan fingerprint density at radius 1 is 1.12 bits per heavy atom. The van der Waals surface area contributed by atoms with Crippen molar-refractivity contribution in [1.82, 2.24) is 5.43 Å². The van der Waals surface area contributed by atoms with Gasteiger partial charge in [-0.05, 0) is 12.1 Å². The Bertz CT molecular complexity index is 392. The van der Waals surface area contributed by atoms with Crippen LogP contribution in [-0.4, -0.2) is 26.3 Å². The van der Waals surface area contributed by atoms with E-state index in [1.807, 2.05) is 0 Å². The summed E-state index contributed by atoms with van der Waals surface area (Å²) in [5, 5.41) is 0. The number of hydrazine groups is 1. The molecule has 0 aliphatic rings. The van der Waals surface area contributed by atoms with Gasteiger partial charge in [-0.2, -0.15) is 0 Å². The van der Waals surface area contributed by atoms with Gasteiger partial charge in [-0.3, -0.25) is 5.43 Å². The van der Waals surface area contributed by atoms with Crippen molar-refractivity contribution in [1.29, 1.82) is 0 Å². The van der Waals surface area contributed by atoms with E-state index in [-0.39, 0.29) is 0 Å². The third-order valence-corrected chi connectivity index (χ3v) is 1.82. The molecule has 0 bridgehead atoms. The lowest BCUT2D eigenvalue weighted by Gasteiger charge is -2.10. The lowest BCUT2D eigenvalue weighted by molar-refractivity contribution is 0.0601. The van der Waals surface area contributed by atoms with Gasteiger partial charge >= 0.3 is 12.1 Å². The van der Waals surface area contributed by atoms with E-state index in [1.165, 1.54) is 14.2 Å². The number of ether oxygens (including phenoxy) is 2. The molecule has 1 amide bonds. The van der Waals surface area contributed by atoms with Crippen LogP contribution in [0.5, 0.6) is 0 Å². The summed E-state index contributed by atoms with van der Waals surface area (Å²) in [6.45, 7) is 0. The van der Waals surface area contributed by atoms with Gasteiger partial charge in [0.2, 0.25) is 0 Å². The van der Waals surface area contributed by atoms with Crippen LogP contribution in [-0.2, 0) is 9.47 Å². The fraction of sp³-hybridized carbons (Fsp3) is 0.200. The molecule has 0 atom stereocenters. The van der Waals surface area contributed by atoms with Crippen molar-refractivity contribution in [2.45, 2.75) is 0 Å². The number of carbonyl (C=O) groups is 2. The zero-order valence-electron chi connectivity index (χ0n) is 8.94. The van der Waals surface area contributed by atoms with E-state index in [1.54, 1.807) is 24.3 Å². The van der Waals surface area contributed by atoms with Crippen molar-refractivity contribution in [3.63, 3.8) is 0 Å². The number of esters is 1. The Hall–Kier alpha value is -2.24. The molecule has 2 N–H and O–H groups in total. The van der Waals surface area contributed by atoms with Gasteiger partial charge in [0.15, 0.2) is 0 Å². The second-order valence-corrected chi connectivity index (χ2v) is 2.78. The highest BCUT2D eigenvalue weighted by molar-refractivity contribution is 5.95. The summed E-state index contributed by atoms with van der Waals surface area (Å²) in [4.78, 5) is 22.2. The van der Waals surface area contributed by atoms with Crippen LogP contribution in [0, 0.1) is 0 Å². The van der Waals surface area contributed by atoms with Crippen molar-refractivity contribution >= 4 is 17.7 Å². The average molecular weight is 224 g/mol. The maximum Gasteiger partial charge on any atom is 0.425 e. The summed E-state index contributed by atoms with van der Waals surface area (Å²) in [5.74, 6) is -0.491. The molecular weight excluding hydrogens is 212 g/mol. The molecule has 0 unspecified atom stereocenters. The lowest BCUT2D eigenvalue weighted by Crippen LogP contribution is -2.29. The molecule has 86 valence electrons. The number of benzene rings is 1. The number of methoxy groups -OCH3 is 2. The largest absolute Gasteiger partial charge is 0.465 e. The molecule has 0 aliphatic heterocycles. The van der Waals surface area contributed by atoms with Gasteiger partial charge in [0.1, 0.15) is 0 Å². The van der Waals surface area contributed by atoms with E-state index >= 15 is 0 Å². The highest BCUT2D eigenvalue weighted by atomic mass is 16.5. The van der Waals surface area contributed by atoms with E-state index in [4.69, 9.17) is 0 Å². The average Bonchev–Trinajstić information content (AvgIpc) is 2.35. The molecule has 0 aromatic heterocycles. The highest BCUT2D eigenvalue weighted by Gasteiger charge is 2.11. The number of hydrogen-bond donors (Lipinski definition) is 2. The third kappa shape index (κ3) is 2.88. The minimum atomic E-state index is -0.653. The molecule has 1 rings (SSSR count). The molecular formula is C10H12N2O4. The van der Waals surface area contributed by atoms with Crippen LogP contribution in [0.15, 0.2) is 24.3 Å². The van der Waals surface area contributed by atoms with Crippen molar-refractivity contribution in [2.24, 2.45) is 0 Å². The molecule has 1 aromatic carbocycles. The molecule has 1 aromatic rings. The number of anilines is 1. The second-order valence-electron chi connectivity index (χ2n) is 2.78. The summed E-state index contributed by atoms with van der Waals surface area (Å²) in [5.41, 5.74) is 5.55. The molecule has 6 nitrogen and oxygen atoms in total. The molecule has 0 saturated heterocycles. The maximum absolute atomic E-state index is 11.3. The summed E-state index contributed by atoms with van der Waals surface area (Å²) in [6, 6.07) is 6.61. The number of amides is 1. The number of nitrogens with one attached hydrogen (secondary N) is 2. The van der Waals surface area contributed by atoms with Gasteiger partial charge in [0.25, 0.3) is 0 Å². The minimum Gasteiger partial charge on any atom is -0.465 e. The molecule has 0 radical (unpaired) electrons. The van der Waals surface area contributed by atoms with Gasteiger partial charge < -0.3 is 9.47 Å². The van der Waals surface area contributed by atoms with Gasteiger partial charge in [0.05, 0.1) is 25.5 Å². The van der Waals surface area contributed by atoms with E-state index in [0.717, 1.165) is 0 Å². The monoisotopic (exact) mass is 224 g/mol. The minimum absolute atomic E-state index is 0.321. The smallest absolute Gasteiger partial charge is 0.425 e. The predicted molar refractivity (Wildman–Crippen MR) is 56.9 cm³/mol. The lowest BCUT2D eigenvalue weighted by atomic mass is 10.2. The van der Waals surface area contributed by atoms with E-state index < -0.39 is 12.1 Å². The first-order valence-electron chi connectivity index (χ1n) is 4.46. The zero-order valence-corrected chi connectivity index (χ0v) is 8.94. The van der Waals surface area contributed by atoms with Crippen LogP contribution in [0.3, 0.4) is 0 Å². The topological polar surface area (TPSA) is 76.7 Å². The second kappa shape index (κ2) is 5.59. The fourth-order valence-electron chi connectivity index (χ4n) is 1.05. The van der Waals surface area contributed by atoms with Crippen LogP contribution in [0.25, 0.3) is 0 Å². The molecule has 16 heavy (non-hydrogen) atoms. The number of carbonyl (C=O) groups excluding carboxylic acids is 2. The standard InChI is InChI=1S/C10H12N2O4/c1-15-9(13)7-5-3-4-6-8(7)11-12-10(14)16-2/h3-6,11H,1-2H3,(H,12,14). The van der Waals surface area contributed by atoms with Gasteiger partial charge in [-0.1, -0.05) is 12.1 Å². The van der Waals surface area contributed by atoms with Gasteiger partial charge in [0, 0.05) is 0 Å². The molecule has 0 heterocycles. The SMILES string of the molecule is COC(=O)NNc1ccccc1C(=O)OC. The van der Waals surface area contributed by atoms with Gasteiger partial charge in [-0.25, -0.2) is 15.0 Å². The van der Waals surface area contributed by atoms with Gasteiger partial charge in [-0.15, -0.1) is 0 Å². The summed E-state index contributed by atoms with van der Waals surface area (Å²) < 4.78 is 8.96. The molecule has 0 aliphatic carbocycles. The van der Waals surface area contributed by atoms with E-state index in [9.17, 15) is 9.59 Å².